The molecule has 6 heteroatoms. The highest BCUT2D eigenvalue weighted by molar-refractivity contribution is 7.22. The molecular formula is C19H14ClN3OS. The molecule has 0 spiro atoms. The van der Waals surface area contributed by atoms with Crippen LogP contribution in [0.25, 0.3) is 21.1 Å². The Balaban J connectivity index is 1.65. The summed E-state index contributed by atoms with van der Waals surface area (Å²) in [5.41, 5.74) is 4.26. The van der Waals surface area contributed by atoms with Crippen molar-refractivity contribution in [1.82, 2.24) is 9.97 Å². The van der Waals surface area contributed by atoms with Crippen molar-refractivity contribution in [2.45, 2.75) is 13.8 Å². The van der Waals surface area contributed by atoms with Gasteiger partial charge in [-0.1, -0.05) is 29.0 Å². The number of amides is 1. The van der Waals surface area contributed by atoms with Gasteiger partial charge in [0.15, 0.2) is 5.13 Å². The first-order valence-corrected chi connectivity index (χ1v) is 8.94. The quantitative estimate of drug-likeness (QED) is 0.518. The fraction of sp³-hybridized carbons (Fsp3) is 0.105. The van der Waals surface area contributed by atoms with Crippen LogP contribution in [-0.2, 0) is 0 Å². The Morgan fingerprint density at radius 2 is 1.92 bits per heavy atom. The van der Waals surface area contributed by atoms with E-state index in [0.29, 0.717) is 15.7 Å². The van der Waals surface area contributed by atoms with Crippen LogP contribution < -0.4 is 5.32 Å². The number of benzene rings is 2. The van der Waals surface area contributed by atoms with E-state index < -0.39 is 0 Å². The van der Waals surface area contributed by atoms with Crippen molar-refractivity contribution in [2.75, 3.05) is 5.32 Å². The number of thiazole rings is 1. The number of aromatic nitrogens is 2. The summed E-state index contributed by atoms with van der Waals surface area (Å²) in [6.07, 6.45) is 0. The lowest BCUT2D eigenvalue weighted by atomic mass is 10.1. The monoisotopic (exact) mass is 367 g/mol. The SMILES string of the molecule is Cc1ccc2cc(C(=O)Nc3nc4c(C)cc(Cl)cc4s3)ccc2n1. The summed E-state index contributed by atoms with van der Waals surface area (Å²) in [5, 5.41) is 5.04. The van der Waals surface area contributed by atoms with Crippen LogP contribution in [0.3, 0.4) is 0 Å². The Bertz CT molecular complexity index is 1140. The van der Waals surface area contributed by atoms with Gasteiger partial charge in [0.25, 0.3) is 5.91 Å². The topological polar surface area (TPSA) is 54.9 Å². The molecule has 0 aliphatic carbocycles. The number of carbonyl (C=O) groups excluding carboxylic acids is 1. The van der Waals surface area contributed by atoms with Crippen LogP contribution in [0.1, 0.15) is 21.6 Å². The fourth-order valence-corrected chi connectivity index (χ4v) is 4.06. The van der Waals surface area contributed by atoms with Crippen molar-refractivity contribution in [3.05, 3.63) is 64.3 Å². The standard InChI is InChI=1S/C19H14ClN3OS/c1-10-7-14(20)9-16-17(10)22-19(25-16)23-18(24)13-5-6-15-12(8-13)4-3-11(2)21-15/h3-9H,1-2H3,(H,22,23,24). The molecule has 0 bridgehead atoms. The van der Waals surface area contributed by atoms with Crippen LogP contribution in [0.15, 0.2) is 42.5 Å². The summed E-state index contributed by atoms with van der Waals surface area (Å²) in [6, 6.07) is 13.1. The molecule has 0 radical (unpaired) electrons. The first kappa shape index (κ1) is 16.0. The zero-order valence-electron chi connectivity index (χ0n) is 13.6. The number of halogens is 1. The molecule has 0 aliphatic heterocycles. The summed E-state index contributed by atoms with van der Waals surface area (Å²) in [5.74, 6) is -0.190. The highest BCUT2D eigenvalue weighted by Crippen LogP contribution is 2.31. The maximum atomic E-state index is 12.6. The first-order valence-electron chi connectivity index (χ1n) is 7.75. The molecule has 2 aromatic carbocycles. The summed E-state index contributed by atoms with van der Waals surface area (Å²) < 4.78 is 0.957. The Labute approximate surface area is 153 Å². The second kappa shape index (κ2) is 6.10. The maximum Gasteiger partial charge on any atom is 0.257 e. The van der Waals surface area contributed by atoms with Crippen LogP contribution in [0, 0.1) is 13.8 Å². The molecule has 0 atom stereocenters. The number of nitrogens with one attached hydrogen (secondary N) is 1. The summed E-state index contributed by atoms with van der Waals surface area (Å²) in [7, 11) is 0. The first-order chi connectivity index (χ1) is 12.0. The van der Waals surface area contributed by atoms with Crippen molar-refractivity contribution in [1.29, 1.82) is 0 Å². The lowest BCUT2D eigenvalue weighted by Crippen LogP contribution is -2.11. The van der Waals surface area contributed by atoms with Gasteiger partial charge in [-0.15, -0.1) is 0 Å². The molecule has 4 aromatic rings. The van der Waals surface area contributed by atoms with E-state index in [4.69, 9.17) is 11.6 Å². The third kappa shape index (κ3) is 3.08. The van der Waals surface area contributed by atoms with Gasteiger partial charge >= 0.3 is 0 Å². The third-order valence-electron chi connectivity index (χ3n) is 3.96. The lowest BCUT2D eigenvalue weighted by molar-refractivity contribution is 0.102. The molecule has 0 unspecified atom stereocenters. The van der Waals surface area contributed by atoms with E-state index in [-0.39, 0.29) is 5.91 Å². The van der Waals surface area contributed by atoms with Gasteiger partial charge in [-0.05, 0) is 55.8 Å². The second-order valence-electron chi connectivity index (χ2n) is 5.90. The third-order valence-corrected chi connectivity index (χ3v) is 5.10. The molecule has 124 valence electrons. The number of pyridine rings is 1. The Kier molecular flexibility index (Phi) is 3.90. The van der Waals surface area contributed by atoms with Crippen molar-refractivity contribution in [3.8, 4) is 0 Å². The van der Waals surface area contributed by atoms with E-state index in [0.717, 1.165) is 32.4 Å². The average Bonchev–Trinajstić information content (AvgIpc) is 2.97. The summed E-state index contributed by atoms with van der Waals surface area (Å²) in [6.45, 7) is 3.90. The molecule has 25 heavy (non-hydrogen) atoms. The maximum absolute atomic E-state index is 12.6. The Morgan fingerprint density at radius 1 is 1.08 bits per heavy atom. The van der Waals surface area contributed by atoms with Gasteiger partial charge in [-0.25, -0.2) is 4.98 Å². The number of hydrogen-bond acceptors (Lipinski definition) is 4. The van der Waals surface area contributed by atoms with E-state index in [1.165, 1.54) is 11.3 Å². The van der Waals surface area contributed by atoms with E-state index in [1.807, 2.05) is 50.2 Å². The second-order valence-corrected chi connectivity index (χ2v) is 7.37. The molecule has 0 saturated carbocycles. The minimum atomic E-state index is -0.190. The van der Waals surface area contributed by atoms with Gasteiger partial charge in [-0.2, -0.15) is 0 Å². The van der Waals surface area contributed by atoms with Crippen LogP contribution in [0.2, 0.25) is 5.02 Å². The van der Waals surface area contributed by atoms with Gasteiger partial charge in [-0.3, -0.25) is 15.1 Å². The van der Waals surface area contributed by atoms with Gasteiger partial charge in [0, 0.05) is 21.7 Å². The number of hydrogen-bond donors (Lipinski definition) is 1. The molecule has 1 N–H and O–H groups in total. The molecule has 2 aromatic heterocycles. The van der Waals surface area contributed by atoms with Crippen molar-refractivity contribution >= 4 is 55.1 Å². The van der Waals surface area contributed by atoms with Crippen molar-refractivity contribution < 1.29 is 4.79 Å². The lowest BCUT2D eigenvalue weighted by Gasteiger charge is -2.04. The largest absolute Gasteiger partial charge is 0.298 e. The molecule has 1 amide bonds. The Morgan fingerprint density at radius 3 is 2.76 bits per heavy atom. The zero-order valence-corrected chi connectivity index (χ0v) is 15.2. The van der Waals surface area contributed by atoms with E-state index in [2.05, 4.69) is 15.3 Å². The van der Waals surface area contributed by atoms with Gasteiger partial charge in [0.2, 0.25) is 0 Å². The average molecular weight is 368 g/mol. The van der Waals surface area contributed by atoms with Crippen LogP contribution in [-0.4, -0.2) is 15.9 Å². The number of fused-ring (bicyclic) bond motifs is 2. The smallest absolute Gasteiger partial charge is 0.257 e. The highest BCUT2D eigenvalue weighted by Gasteiger charge is 2.12. The van der Waals surface area contributed by atoms with Gasteiger partial charge in [0.1, 0.15) is 0 Å². The van der Waals surface area contributed by atoms with Crippen LogP contribution >= 0.6 is 22.9 Å². The van der Waals surface area contributed by atoms with Crippen molar-refractivity contribution in [2.24, 2.45) is 0 Å². The number of anilines is 1. The number of carbonyl (C=O) groups is 1. The van der Waals surface area contributed by atoms with Crippen molar-refractivity contribution in [3.63, 3.8) is 0 Å². The molecule has 0 fully saturated rings. The normalized spacial score (nSPS) is 11.2. The van der Waals surface area contributed by atoms with Gasteiger partial charge < -0.3 is 0 Å². The number of aryl methyl sites for hydroxylation is 2. The summed E-state index contributed by atoms with van der Waals surface area (Å²) >= 11 is 7.50. The van der Waals surface area contributed by atoms with E-state index in [9.17, 15) is 4.79 Å². The minimum Gasteiger partial charge on any atom is -0.298 e. The zero-order chi connectivity index (χ0) is 17.6. The number of rotatable bonds is 2. The van der Waals surface area contributed by atoms with Gasteiger partial charge in [0.05, 0.1) is 15.7 Å². The van der Waals surface area contributed by atoms with E-state index in [1.54, 1.807) is 6.07 Å². The molecule has 0 aliphatic rings. The Hall–Kier alpha value is -2.50. The summed E-state index contributed by atoms with van der Waals surface area (Å²) in [4.78, 5) is 21.5. The molecular weight excluding hydrogens is 354 g/mol. The number of nitrogens with zero attached hydrogens (tertiary/aromatic N) is 2. The predicted molar refractivity (Wildman–Crippen MR) is 104 cm³/mol. The highest BCUT2D eigenvalue weighted by atomic mass is 35.5. The minimum absolute atomic E-state index is 0.190. The van der Waals surface area contributed by atoms with Crippen LogP contribution in [0.5, 0.6) is 0 Å². The predicted octanol–water partition coefficient (Wildman–Crippen LogP) is 5.37. The van der Waals surface area contributed by atoms with E-state index >= 15 is 0 Å². The molecule has 4 nitrogen and oxygen atoms in total. The van der Waals surface area contributed by atoms with Crippen LogP contribution in [0.4, 0.5) is 5.13 Å². The molecule has 0 saturated heterocycles. The molecule has 2 heterocycles. The fourth-order valence-electron chi connectivity index (χ4n) is 2.75. The molecule has 4 rings (SSSR count).